The zero-order valence-electron chi connectivity index (χ0n) is 16.5. The molecule has 1 N–H and O–H groups in total. The normalized spacial score (nSPS) is 17.8. The van der Waals surface area contributed by atoms with E-state index in [9.17, 15) is 9.59 Å². The van der Waals surface area contributed by atoms with Crippen molar-refractivity contribution in [2.75, 3.05) is 10.2 Å². The second-order valence-electron chi connectivity index (χ2n) is 6.96. The summed E-state index contributed by atoms with van der Waals surface area (Å²) >= 11 is 1.31. The molecule has 5 nitrogen and oxygen atoms in total. The predicted molar refractivity (Wildman–Crippen MR) is 123 cm³/mol. The first-order valence-electron chi connectivity index (χ1n) is 9.66. The third-order valence-electron chi connectivity index (χ3n) is 4.62. The molecule has 0 aromatic heterocycles. The molecule has 2 amide bonds. The molecule has 0 saturated carbocycles. The molecule has 0 aliphatic carbocycles. The van der Waals surface area contributed by atoms with Crippen LogP contribution in [0.5, 0.6) is 0 Å². The number of hydrogen-bond acceptors (Lipinski definition) is 4. The number of aryl methyl sites for hydroxylation is 1. The molecule has 3 aromatic rings. The summed E-state index contributed by atoms with van der Waals surface area (Å²) in [6, 6.07) is 26.4. The third-order valence-corrected chi connectivity index (χ3v) is 5.77. The number of benzene rings is 3. The number of hydrogen-bond donors (Lipinski definition) is 1. The van der Waals surface area contributed by atoms with Gasteiger partial charge in [-0.15, -0.1) is 0 Å². The Morgan fingerprint density at radius 1 is 1.00 bits per heavy atom. The van der Waals surface area contributed by atoms with Crippen LogP contribution < -0.4 is 10.2 Å². The highest BCUT2D eigenvalue weighted by Gasteiger charge is 2.36. The Balaban J connectivity index is 1.63. The quantitative estimate of drug-likeness (QED) is 0.640. The van der Waals surface area contributed by atoms with Crippen LogP contribution in [-0.4, -0.2) is 22.2 Å². The van der Waals surface area contributed by atoms with E-state index in [-0.39, 0.29) is 18.2 Å². The number of nitrogens with zero attached hydrogens (tertiary/aromatic N) is 2. The SMILES string of the molecule is Cc1cccc(NC(=O)C2CC(=O)N(c3ccccc3)C(=Nc3ccccc3)S2)c1. The van der Waals surface area contributed by atoms with Crippen molar-refractivity contribution in [3.63, 3.8) is 0 Å². The molecule has 1 aliphatic heterocycles. The first kappa shape index (κ1) is 19.9. The summed E-state index contributed by atoms with van der Waals surface area (Å²) < 4.78 is 0. The van der Waals surface area contributed by atoms with E-state index >= 15 is 0 Å². The summed E-state index contributed by atoms with van der Waals surface area (Å²) in [4.78, 5) is 32.3. The maximum Gasteiger partial charge on any atom is 0.238 e. The van der Waals surface area contributed by atoms with Crippen molar-refractivity contribution >= 4 is 45.8 Å². The van der Waals surface area contributed by atoms with E-state index in [0.717, 1.165) is 22.6 Å². The van der Waals surface area contributed by atoms with E-state index in [1.807, 2.05) is 91.9 Å². The lowest BCUT2D eigenvalue weighted by molar-refractivity contribution is -0.121. The molecule has 1 atom stereocenters. The van der Waals surface area contributed by atoms with Crippen molar-refractivity contribution in [2.45, 2.75) is 18.6 Å². The van der Waals surface area contributed by atoms with Crippen molar-refractivity contribution in [2.24, 2.45) is 4.99 Å². The number of amides is 2. The van der Waals surface area contributed by atoms with E-state index < -0.39 is 5.25 Å². The van der Waals surface area contributed by atoms with E-state index in [1.165, 1.54) is 11.8 Å². The Kier molecular flexibility index (Phi) is 5.95. The van der Waals surface area contributed by atoms with Crippen molar-refractivity contribution in [3.05, 3.63) is 90.5 Å². The van der Waals surface area contributed by atoms with Crippen LogP contribution in [0.2, 0.25) is 0 Å². The number of carbonyl (C=O) groups is 2. The second kappa shape index (κ2) is 8.97. The summed E-state index contributed by atoms with van der Waals surface area (Å²) in [7, 11) is 0. The molecule has 0 spiro atoms. The van der Waals surface area contributed by atoms with Crippen LogP contribution in [0.15, 0.2) is 89.9 Å². The van der Waals surface area contributed by atoms with Crippen LogP contribution >= 0.6 is 11.8 Å². The summed E-state index contributed by atoms with van der Waals surface area (Å²) in [5, 5.41) is 2.86. The van der Waals surface area contributed by atoms with Gasteiger partial charge in [-0.05, 0) is 48.9 Å². The largest absolute Gasteiger partial charge is 0.325 e. The standard InChI is InChI=1S/C24H21N3O2S/c1-17-9-8-12-19(15-17)25-23(29)21-16-22(28)27(20-13-6-3-7-14-20)24(30-21)26-18-10-4-2-5-11-18/h2-15,21H,16H2,1H3,(H,25,29). The number of rotatable bonds is 4. The number of nitrogens with one attached hydrogen (secondary N) is 1. The highest BCUT2D eigenvalue weighted by atomic mass is 32.2. The molecule has 3 aromatic carbocycles. The average Bonchev–Trinajstić information content (AvgIpc) is 2.75. The van der Waals surface area contributed by atoms with Crippen molar-refractivity contribution in [3.8, 4) is 0 Å². The van der Waals surface area contributed by atoms with Crippen LogP contribution in [-0.2, 0) is 9.59 Å². The molecule has 4 rings (SSSR count). The van der Waals surface area contributed by atoms with Gasteiger partial charge in [0.15, 0.2) is 5.17 Å². The van der Waals surface area contributed by atoms with Gasteiger partial charge in [-0.1, -0.05) is 60.3 Å². The van der Waals surface area contributed by atoms with Gasteiger partial charge in [0.2, 0.25) is 11.8 Å². The summed E-state index contributed by atoms with van der Waals surface area (Å²) in [6.45, 7) is 1.97. The number of para-hydroxylation sites is 2. The Bertz CT molecular complexity index is 1080. The van der Waals surface area contributed by atoms with Crippen molar-refractivity contribution < 1.29 is 9.59 Å². The fourth-order valence-electron chi connectivity index (χ4n) is 3.19. The fourth-order valence-corrected chi connectivity index (χ4v) is 4.31. The molecule has 1 unspecified atom stereocenters. The zero-order chi connectivity index (χ0) is 20.9. The van der Waals surface area contributed by atoms with Gasteiger partial charge in [0, 0.05) is 12.1 Å². The average molecular weight is 416 g/mol. The lowest BCUT2D eigenvalue weighted by Crippen LogP contribution is -2.45. The van der Waals surface area contributed by atoms with Gasteiger partial charge in [0.1, 0.15) is 5.25 Å². The van der Waals surface area contributed by atoms with Gasteiger partial charge < -0.3 is 5.32 Å². The minimum Gasteiger partial charge on any atom is -0.325 e. The van der Waals surface area contributed by atoms with E-state index in [0.29, 0.717) is 5.17 Å². The van der Waals surface area contributed by atoms with Crippen LogP contribution in [0.25, 0.3) is 0 Å². The predicted octanol–water partition coefficient (Wildman–Crippen LogP) is 5.16. The molecule has 1 saturated heterocycles. The van der Waals surface area contributed by atoms with E-state index in [1.54, 1.807) is 4.90 Å². The van der Waals surface area contributed by atoms with Gasteiger partial charge in [-0.2, -0.15) is 0 Å². The van der Waals surface area contributed by atoms with Crippen LogP contribution in [0.4, 0.5) is 17.1 Å². The number of carbonyl (C=O) groups excluding carboxylic acids is 2. The van der Waals surface area contributed by atoms with Crippen LogP contribution in [0.3, 0.4) is 0 Å². The van der Waals surface area contributed by atoms with E-state index in [4.69, 9.17) is 0 Å². The Hall–Kier alpha value is -3.38. The molecular formula is C24H21N3O2S. The molecule has 1 fully saturated rings. The minimum absolute atomic E-state index is 0.102. The molecule has 6 heteroatoms. The number of thioether (sulfide) groups is 1. The van der Waals surface area contributed by atoms with Gasteiger partial charge in [0.05, 0.1) is 11.4 Å². The minimum atomic E-state index is -0.555. The smallest absolute Gasteiger partial charge is 0.238 e. The highest BCUT2D eigenvalue weighted by Crippen LogP contribution is 2.33. The van der Waals surface area contributed by atoms with Gasteiger partial charge in [-0.25, -0.2) is 4.99 Å². The Morgan fingerprint density at radius 2 is 1.70 bits per heavy atom. The first-order valence-corrected chi connectivity index (χ1v) is 10.5. The maximum atomic E-state index is 13.1. The van der Waals surface area contributed by atoms with Crippen LogP contribution in [0, 0.1) is 6.92 Å². The molecule has 1 heterocycles. The summed E-state index contributed by atoms with van der Waals surface area (Å²) in [5.41, 5.74) is 3.25. The third kappa shape index (κ3) is 4.60. The summed E-state index contributed by atoms with van der Waals surface area (Å²) in [5.74, 6) is -0.355. The lowest BCUT2D eigenvalue weighted by atomic mass is 10.2. The lowest BCUT2D eigenvalue weighted by Gasteiger charge is -2.31. The highest BCUT2D eigenvalue weighted by molar-refractivity contribution is 8.15. The topological polar surface area (TPSA) is 61.8 Å². The molecule has 30 heavy (non-hydrogen) atoms. The summed E-state index contributed by atoms with van der Waals surface area (Å²) in [6.07, 6.45) is 0.102. The Morgan fingerprint density at radius 3 is 2.40 bits per heavy atom. The van der Waals surface area contributed by atoms with Gasteiger partial charge in [-0.3, -0.25) is 14.5 Å². The zero-order valence-corrected chi connectivity index (χ0v) is 17.3. The molecule has 0 bridgehead atoms. The van der Waals surface area contributed by atoms with Gasteiger partial charge >= 0.3 is 0 Å². The first-order chi connectivity index (χ1) is 14.6. The monoisotopic (exact) mass is 415 g/mol. The Labute approximate surface area is 179 Å². The number of amidine groups is 1. The number of anilines is 2. The van der Waals surface area contributed by atoms with Crippen molar-refractivity contribution in [1.29, 1.82) is 0 Å². The maximum absolute atomic E-state index is 13.1. The van der Waals surface area contributed by atoms with E-state index in [2.05, 4.69) is 10.3 Å². The molecule has 0 radical (unpaired) electrons. The van der Waals surface area contributed by atoms with Gasteiger partial charge in [0.25, 0.3) is 0 Å². The molecule has 150 valence electrons. The van der Waals surface area contributed by atoms with Crippen LogP contribution in [0.1, 0.15) is 12.0 Å². The second-order valence-corrected chi connectivity index (χ2v) is 8.13. The fraction of sp³-hybridized carbons (Fsp3) is 0.125. The van der Waals surface area contributed by atoms with Crippen molar-refractivity contribution in [1.82, 2.24) is 0 Å². The molecule has 1 aliphatic rings. The molecular weight excluding hydrogens is 394 g/mol. The number of aliphatic imine (C=N–C) groups is 1.